The number of rotatable bonds is 7. The summed E-state index contributed by atoms with van der Waals surface area (Å²) in [5, 5.41) is 0. The van der Waals surface area contributed by atoms with Gasteiger partial charge >= 0.3 is 0 Å². The molecule has 0 radical (unpaired) electrons. The number of hydrogen-bond acceptors (Lipinski definition) is 5. The third kappa shape index (κ3) is 4.29. The average Bonchev–Trinajstić information content (AvgIpc) is 2.59. The van der Waals surface area contributed by atoms with Gasteiger partial charge in [-0.1, -0.05) is 18.2 Å². The van der Waals surface area contributed by atoms with Crippen molar-refractivity contribution in [2.24, 2.45) is 0 Å². The monoisotopic (exact) mass is 316 g/mol. The molecular formula is C17H20N2O4. The molecule has 0 heterocycles. The molecule has 2 aromatic rings. The summed E-state index contributed by atoms with van der Waals surface area (Å²) >= 11 is 0. The molecule has 0 spiro atoms. The van der Waals surface area contributed by atoms with Gasteiger partial charge in [0.25, 0.3) is 0 Å². The Balaban J connectivity index is 2.05. The van der Waals surface area contributed by atoms with Crippen LogP contribution in [-0.2, 0) is 11.2 Å². The summed E-state index contributed by atoms with van der Waals surface area (Å²) in [4.78, 5) is 12.1. The highest BCUT2D eigenvalue weighted by atomic mass is 16.5. The number of nitrogens with one attached hydrogen (secondary N) is 2. The summed E-state index contributed by atoms with van der Waals surface area (Å²) in [7, 11) is 4.62. The summed E-state index contributed by atoms with van der Waals surface area (Å²) in [5.41, 5.74) is 7.07. The van der Waals surface area contributed by atoms with Crippen LogP contribution in [0.5, 0.6) is 17.2 Å². The lowest BCUT2D eigenvalue weighted by molar-refractivity contribution is -0.119. The van der Waals surface area contributed by atoms with Gasteiger partial charge in [-0.15, -0.1) is 0 Å². The fraction of sp³-hybridized carbons (Fsp3) is 0.235. The Kier molecular flexibility index (Phi) is 5.68. The Labute approximate surface area is 135 Å². The van der Waals surface area contributed by atoms with Gasteiger partial charge in [0.2, 0.25) is 11.7 Å². The van der Waals surface area contributed by atoms with Gasteiger partial charge in [-0.25, -0.2) is 0 Å². The number of ether oxygens (including phenoxy) is 3. The van der Waals surface area contributed by atoms with Crippen molar-refractivity contribution in [2.45, 2.75) is 6.42 Å². The second-order valence-electron chi connectivity index (χ2n) is 4.75. The van der Waals surface area contributed by atoms with Crippen LogP contribution in [0, 0.1) is 0 Å². The zero-order chi connectivity index (χ0) is 16.7. The standard InChI is InChI=1S/C17H20N2O4/c1-21-14-9-12(10-15(22-2)17(14)23-3)11-16(20)19-18-13-7-5-4-6-8-13/h4-10,18H,11H2,1-3H3,(H,19,20). The average molecular weight is 316 g/mol. The van der Waals surface area contributed by atoms with E-state index in [2.05, 4.69) is 10.9 Å². The van der Waals surface area contributed by atoms with Gasteiger partial charge < -0.3 is 14.2 Å². The summed E-state index contributed by atoms with van der Waals surface area (Å²) < 4.78 is 15.8. The van der Waals surface area contributed by atoms with Crippen LogP contribution in [0.4, 0.5) is 5.69 Å². The van der Waals surface area contributed by atoms with Gasteiger partial charge in [0, 0.05) is 0 Å². The van der Waals surface area contributed by atoms with E-state index in [4.69, 9.17) is 14.2 Å². The highest BCUT2D eigenvalue weighted by Crippen LogP contribution is 2.38. The van der Waals surface area contributed by atoms with Crippen molar-refractivity contribution in [3.63, 3.8) is 0 Å². The second kappa shape index (κ2) is 7.93. The topological polar surface area (TPSA) is 68.8 Å². The number of amides is 1. The SMILES string of the molecule is COc1cc(CC(=O)NNc2ccccc2)cc(OC)c1OC. The van der Waals surface area contributed by atoms with E-state index in [9.17, 15) is 4.79 Å². The smallest absolute Gasteiger partial charge is 0.242 e. The van der Waals surface area contributed by atoms with Crippen molar-refractivity contribution < 1.29 is 19.0 Å². The molecule has 6 nitrogen and oxygen atoms in total. The quantitative estimate of drug-likeness (QED) is 0.768. The van der Waals surface area contributed by atoms with Crippen LogP contribution in [-0.4, -0.2) is 27.2 Å². The van der Waals surface area contributed by atoms with Crippen molar-refractivity contribution in [1.29, 1.82) is 0 Å². The van der Waals surface area contributed by atoms with E-state index >= 15 is 0 Å². The van der Waals surface area contributed by atoms with Crippen LogP contribution >= 0.6 is 0 Å². The van der Waals surface area contributed by atoms with Gasteiger partial charge in [-0.2, -0.15) is 0 Å². The second-order valence-corrected chi connectivity index (χ2v) is 4.75. The number of hydrogen-bond donors (Lipinski definition) is 2. The first-order chi connectivity index (χ1) is 11.2. The van der Waals surface area contributed by atoms with Gasteiger partial charge in [-0.3, -0.25) is 15.6 Å². The fourth-order valence-electron chi connectivity index (χ4n) is 2.13. The van der Waals surface area contributed by atoms with E-state index in [1.54, 1.807) is 12.1 Å². The van der Waals surface area contributed by atoms with Crippen molar-refractivity contribution in [1.82, 2.24) is 5.43 Å². The first kappa shape index (κ1) is 16.5. The van der Waals surface area contributed by atoms with Crippen molar-refractivity contribution in [3.8, 4) is 17.2 Å². The first-order valence-corrected chi connectivity index (χ1v) is 7.06. The maximum absolute atomic E-state index is 12.1. The highest BCUT2D eigenvalue weighted by molar-refractivity contribution is 5.80. The van der Waals surface area contributed by atoms with Gasteiger partial charge in [0.05, 0.1) is 33.4 Å². The predicted octanol–water partition coefficient (Wildman–Crippen LogP) is 2.40. The predicted molar refractivity (Wildman–Crippen MR) is 88.0 cm³/mol. The molecule has 1 amide bonds. The number of carbonyl (C=O) groups is 1. The molecule has 0 aromatic heterocycles. The van der Waals surface area contributed by atoms with Crippen LogP contribution in [0.3, 0.4) is 0 Å². The molecule has 0 bridgehead atoms. The minimum Gasteiger partial charge on any atom is -0.493 e. The summed E-state index contributed by atoms with van der Waals surface area (Å²) in [6.07, 6.45) is 0.177. The molecule has 0 aliphatic carbocycles. The molecule has 0 fully saturated rings. The van der Waals surface area contributed by atoms with Gasteiger partial charge in [0.15, 0.2) is 11.5 Å². The summed E-state index contributed by atoms with van der Waals surface area (Å²) in [5.74, 6) is 1.36. The van der Waals surface area contributed by atoms with E-state index in [0.29, 0.717) is 17.2 Å². The molecule has 23 heavy (non-hydrogen) atoms. The van der Waals surface area contributed by atoms with Crippen LogP contribution in [0.15, 0.2) is 42.5 Å². The summed E-state index contributed by atoms with van der Waals surface area (Å²) in [6.45, 7) is 0. The maximum atomic E-state index is 12.1. The Morgan fingerprint density at radius 1 is 0.957 bits per heavy atom. The molecular weight excluding hydrogens is 296 g/mol. The van der Waals surface area contributed by atoms with Gasteiger partial charge in [0.1, 0.15) is 0 Å². The number of hydrazine groups is 1. The molecule has 0 aliphatic heterocycles. The van der Waals surface area contributed by atoms with Crippen LogP contribution in [0.25, 0.3) is 0 Å². The number of methoxy groups -OCH3 is 3. The van der Waals surface area contributed by atoms with Gasteiger partial charge in [-0.05, 0) is 29.8 Å². The first-order valence-electron chi connectivity index (χ1n) is 7.06. The van der Waals surface area contributed by atoms with Crippen molar-refractivity contribution in [3.05, 3.63) is 48.0 Å². The van der Waals surface area contributed by atoms with E-state index in [1.807, 2.05) is 30.3 Å². The van der Waals surface area contributed by atoms with Crippen LogP contribution in [0.2, 0.25) is 0 Å². The molecule has 122 valence electrons. The molecule has 6 heteroatoms. The Hall–Kier alpha value is -2.89. The van der Waals surface area contributed by atoms with E-state index < -0.39 is 0 Å². The Morgan fingerprint density at radius 3 is 2.09 bits per heavy atom. The molecule has 0 saturated heterocycles. The lowest BCUT2D eigenvalue weighted by Crippen LogP contribution is -2.30. The third-order valence-electron chi connectivity index (χ3n) is 3.21. The van der Waals surface area contributed by atoms with Crippen molar-refractivity contribution in [2.75, 3.05) is 26.8 Å². The van der Waals surface area contributed by atoms with E-state index in [1.165, 1.54) is 21.3 Å². The molecule has 0 saturated carbocycles. The minimum absolute atomic E-state index is 0.177. The Bertz CT molecular complexity index is 634. The van der Waals surface area contributed by atoms with Crippen molar-refractivity contribution >= 4 is 11.6 Å². The molecule has 0 unspecified atom stereocenters. The van der Waals surface area contributed by atoms with E-state index in [-0.39, 0.29) is 12.3 Å². The number of para-hydroxylation sites is 1. The fourth-order valence-corrected chi connectivity index (χ4v) is 2.13. The zero-order valence-electron chi connectivity index (χ0n) is 13.4. The normalized spacial score (nSPS) is 9.87. The number of carbonyl (C=O) groups excluding carboxylic acids is 1. The Morgan fingerprint density at radius 2 is 1.57 bits per heavy atom. The van der Waals surface area contributed by atoms with Crippen LogP contribution < -0.4 is 25.1 Å². The lowest BCUT2D eigenvalue weighted by Gasteiger charge is -2.14. The molecule has 0 aliphatic rings. The lowest BCUT2D eigenvalue weighted by atomic mass is 10.1. The van der Waals surface area contributed by atoms with Crippen LogP contribution in [0.1, 0.15) is 5.56 Å². The zero-order valence-corrected chi connectivity index (χ0v) is 13.4. The largest absolute Gasteiger partial charge is 0.493 e. The molecule has 0 atom stereocenters. The summed E-state index contributed by atoms with van der Waals surface area (Å²) in [6, 6.07) is 12.9. The number of anilines is 1. The molecule has 2 N–H and O–H groups in total. The third-order valence-corrected chi connectivity index (χ3v) is 3.21. The highest BCUT2D eigenvalue weighted by Gasteiger charge is 2.14. The number of benzene rings is 2. The van der Waals surface area contributed by atoms with E-state index in [0.717, 1.165) is 11.3 Å². The molecule has 2 rings (SSSR count). The maximum Gasteiger partial charge on any atom is 0.242 e. The molecule has 2 aromatic carbocycles. The minimum atomic E-state index is -0.178.